The molecule has 82 valence electrons. The SMILES string of the molecule is C=C(C)c1cnn(-c2ccc(F)cc2F)c1. The molecule has 0 fully saturated rings. The monoisotopic (exact) mass is 220 g/mol. The Morgan fingerprint density at radius 3 is 2.69 bits per heavy atom. The lowest BCUT2D eigenvalue weighted by molar-refractivity contribution is 0.573. The van der Waals surface area contributed by atoms with E-state index >= 15 is 0 Å². The molecule has 0 atom stereocenters. The van der Waals surface area contributed by atoms with Gasteiger partial charge in [0.25, 0.3) is 0 Å². The normalized spacial score (nSPS) is 10.4. The fourth-order valence-corrected chi connectivity index (χ4v) is 1.34. The quantitative estimate of drug-likeness (QED) is 0.760. The van der Waals surface area contributed by atoms with Gasteiger partial charge < -0.3 is 0 Å². The first-order valence-corrected chi connectivity index (χ1v) is 4.74. The van der Waals surface area contributed by atoms with E-state index in [2.05, 4.69) is 11.7 Å². The van der Waals surface area contributed by atoms with Crippen molar-refractivity contribution < 1.29 is 8.78 Å². The minimum atomic E-state index is -0.642. The molecule has 2 aromatic rings. The third-order valence-electron chi connectivity index (χ3n) is 2.23. The fourth-order valence-electron chi connectivity index (χ4n) is 1.34. The van der Waals surface area contributed by atoms with Crippen LogP contribution in [0.3, 0.4) is 0 Å². The van der Waals surface area contributed by atoms with Crippen molar-refractivity contribution in [1.82, 2.24) is 9.78 Å². The zero-order valence-corrected chi connectivity index (χ0v) is 8.74. The fraction of sp³-hybridized carbons (Fsp3) is 0.0833. The third-order valence-corrected chi connectivity index (χ3v) is 2.23. The number of hydrogen-bond donors (Lipinski definition) is 0. The second kappa shape index (κ2) is 3.89. The van der Waals surface area contributed by atoms with Gasteiger partial charge in [-0.1, -0.05) is 6.58 Å². The van der Waals surface area contributed by atoms with Gasteiger partial charge in [-0.3, -0.25) is 0 Å². The zero-order chi connectivity index (χ0) is 11.7. The molecule has 0 aliphatic carbocycles. The van der Waals surface area contributed by atoms with E-state index in [0.717, 1.165) is 17.2 Å². The first-order valence-electron chi connectivity index (χ1n) is 4.74. The number of nitrogens with zero attached hydrogens (tertiary/aromatic N) is 2. The van der Waals surface area contributed by atoms with Crippen LogP contribution in [0.25, 0.3) is 11.3 Å². The van der Waals surface area contributed by atoms with Gasteiger partial charge in [0.2, 0.25) is 0 Å². The molecule has 0 spiro atoms. The van der Waals surface area contributed by atoms with Gasteiger partial charge >= 0.3 is 0 Å². The maximum Gasteiger partial charge on any atom is 0.151 e. The number of allylic oxidation sites excluding steroid dienone is 1. The topological polar surface area (TPSA) is 17.8 Å². The molecule has 16 heavy (non-hydrogen) atoms. The average molecular weight is 220 g/mol. The number of halogens is 2. The Kier molecular flexibility index (Phi) is 2.56. The van der Waals surface area contributed by atoms with E-state index in [1.165, 1.54) is 16.8 Å². The number of benzene rings is 1. The molecule has 2 nitrogen and oxygen atoms in total. The van der Waals surface area contributed by atoms with Crippen LogP contribution in [0.15, 0.2) is 37.2 Å². The second-order valence-electron chi connectivity index (χ2n) is 3.55. The van der Waals surface area contributed by atoms with Gasteiger partial charge in [0.15, 0.2) is 5.82 Å². The Balaban J connectivity index is 2.46. The minimum Gasteiger partial charge on any atom is -0.237 e. The molecule has 0 amide bonds. The van der Waals surface area contributed by atoms with Gasteiger partial charge in [-0.2, -0.15) is 5.10 Å². The second-order valence-corrected chi connectivity index (χ2v) is 3.55. The van der Waals surface area contributed by atoms with Gasteiger partial charge in [-0.15, -0.1) is 0 Å². The predicted molar refractivity (Wildman–Crippen MR) is 58.2 cm³/mol. The number of aromatic nitrogens is 2. The van der Waals surface area contributed by atoms with E-state index in [1.807, 2.05) is 6.92 Å². The molecule has 2 rings (SSSR count). The van der Waals surface area contributed by atoms with E-state index in [9.17, 15) is 8.78 Å². The van der Waals surface area contributed by atoms with Crippen molar-refractivity contribution in [1.29, 1.82) is 0 Å². The lowest BCUT2D eigenvalue weighted by Crippen LogP contribution is -1.98. The summed E-state index contributed by atoms with van der Waals surface area (Å²) in [5.41, 5.74) is 1.88. The van der Waals surface area contributed by atoms with Crippen LogP contribution in [0.2, 0.25) is 0 Å². The van der Waals surface area contributed by atoms with E-state index in [0.29, 0.717) is 0 Å². The summed E-state index contributed by atoms with van der Waals surface area (Å²) < 4.78 is 27.5. The van der Waals surface area contributed by atoms with Crippen LogP contribution in [0.4, 0.5) is 8.78 Å². The maximum absolute atomic E-state index is 13.4. The van der Waals surface area contributed by atoms with Crippen LogP contribution in [-0.4, -0.2) is 9.78 Å². The molecule has 0 aliphatic rings. The third kappa shape index (κ3) is 1.86. The van der Waals surface area contributed by atoms with E-state index in [4.69, 9.17) is 0 Å². The molecule has 1 aromatic carbocycles. The molecule has 1 heterocycles. The zero-order valence-electron chi connectivity index (χ0n) is 8.74. The molecule has 0 radical (unpaired) electrons. The van der Waals surface area contributed by atoms with Gasteiger partial charge in [-0.05, 0) is 24.6 Å². The number of rotatable bonds is 2. The Hall–Kier alpha value is -1.97. The van der Waals surface area contributed by atoms with Crippen LogP contribution in [0, 0.1) is 11.6 Å². The summed E-state index contributed by atoms with van der Waals surface area (Å²) in [5, 5.41) is 3.99. The van der Waals surface area contributed by atoms with Crippen molar-refractivity contribution in [3.05, 3.63) is 54.4 Å². The highest BCUT2D eigenvalue weighted by Crippen LogP contribution is 2.17. The summed E-state index contributed by atoms with van der Waals surface area (Å²) in [6.07, 6.45) is 3.24. The largest absolute Gasteiger partial charge is 0.237 e. The van der Waals surface area contributed by atoms with Gasteiger partial charge in [0, 0.05) is 17.8 Å². The number of hydrogen-bond acceptors (Lipinski definition) is 1. The molecule has 0 saturated heterocycles. The highest BCUT2D eigenvalue weighted by molar-refractivity contribution is 5.60. The lowest BCUT2D eigenvalue weighted by Gasteiger charge is -2.02. The summed E-state index contributed by atoms with van der Waals surface area (Å²) in [7, 11) is 0. The standard InChI is InChI=1S/C12H10F2N2/c1-8(2)9-6-15-16(7-9)12-4-3-10(13)5-11(12)14/h3-7H,1H2,2H3. The minimum absolute atomic E-state index is 0.217. The Morgan fingerprint density at radius 2 is 2.12 bits per heavy atom. The van der Waals surface area contributed by atoms with Crippen LogP contribution in [0.5, 0.6) is 0 Å². The smallest absolute Gasteiger partial charge is 0.151 e. The van der Waals surface area contributed by atoms with Crippen LogP contribution >= 0.6 is 0 Å². The van der Waals surface area contributed by atoms with Gasteiger partial charge in [0.05, 0.1) is 6.20 Å². The molecule has 0 bridgehead atoms. The molecule has 0 aliphatic heterocycles. The summed E-state index contributed by atoms with van der Waals surface area (Å²) in [5.74, 6) is -1.25. The Morgan fingerprint density at radius 1 is 1.38 bits per heavy atom. The lowest BCUT2D eigenvalue weighted by atomic mass is 10.2. The molecule has 0 saturated carbocycles. The first-order chi connectivity index (χ1) is 7.58. The maximum atomic E-state index is 13.4. The first kappa shape index (κ1) is 10.5. The predicted octanol–water partition coefficient (Wildman–Crippen LogP) is 3.18. The summed E-state index contributed by atoms with van der Waals surface area (Å²) in [6, 6.07) is 3.37. The summed E-state index contributed by atoms with van der Waals surface area (Å²) in [4.78, 5) is 0. The molecule has 0 N–H and O–H groups in total. The highest BCUT2D eigenvalue weighted by atomic mass is 19.1. The molecular formula is C12H10F2N2. The van der Waals surface area contributed by atoms with Crippen molar-refractivity contribution in [2.24, 2.45) is 0 Å². The summed E-state index contributed by atoms with van der Waals surface area (Å²) >= 11 is 0. The van der Waals surface area contributed by atoms with Crippen molar-refractivity contribution in [2.45, 2.75) is 6.92 Å². The van der Waals surface area contributed by atoms with Gasteiger partial charge in [0.1, 0.15) is 11.5 Å². The Bertz CT molecular complexity index is 544. The van der Waals surface area contributed by atoms with Gasteiger partial charge in [-0.25, -0.2) is 13.5 Å². The van der Waals surface area contributed by atoms with Crippen LogP contribution in [0.1, 0.15) is 12.5 Å². The highest BCUT2D eigenvalue weighted by Gasteiger charge is 2.07. The van der Waals surface area contributed by atoms with E-state index in [-0.39, 0.29) is 5.69 Å². The van der Waals surface area contributed by atoms with E-state index in [1.54, 1.807) is 12.4 Å². The molecular weight excluding hydrogens is 210 g/mol. The van der Waals surface area contributed by atoms with E-state index < -0.39 is 11.6 Å². The average Bonchev–Trinajstić information content (AvgIpc) is 2.66. The summed E-state index contributed by atoms with van der Waals surface area (Å²) in [6.45, 7) is 5.60. The van der Waals surface area contributed by atoms with Crippen molar-refractivity contribution in [2.75, 3.05) is 0 Å². The van der Waals surface area contributed by atoms with Crippen molar-refractivity contribution in [3.63, 3.8) is 0 Å². The van der Waals surface area contributed by atoms with Crippen LogP contribution in [-0.2, 0) is 0 Å². The van der Waals surface area contributed by atoms with Crippen molar-refractivity contribution in [3.8, 4) is 5.69 Å². The molecule has 0 unspecified atom stereocenters. The Labute approximate surface area is 91.8 Å². The molecule has 1 aromatic heterocycles. The van der Waals surface area contributed by atoms with Crippen molar-refractivity contribution >= 4 is 5.57 Å². The molecule has 4 heteroatoms. The van der Waals surface area contributed by atoms with Crippen LogP contribution < -0.4 is 0 Å².